The van der Waals surface area contributed by atoms with Crippen LogP contribution in [0.5, 0.6) is 0 Å². The Bertz CT molecular complexity index is 304. The largest absolute Gasteiger partial charge is 0.383 e. The molecule has 0 saturated heterocycles. The van der Waals surface area contributed by atoms with Crippen molar-refractivity contribution in [2.75, 3.05) is 0 Å². The second-order valence-electron chi connectivity index (χ2n) is 2.90. The van der Waals surface area contributed by atoms with E-state index >= 15 is 0 Å². The summed E-state index contributed by atoms with van der Waals surface area (Å²) >= 11 is 1.55. The fourth-order valence-electron chi connectivity index (χ4n) is 1.17. The number of nitrogen functional groups attached to an aromatic ring is 1. The molecule has 72 valence electrons. The molecule has 0 saturated carbocycles. The van der Waals surface area contributed by atoms with E-state index < -0.39 is 0 Å². The average Bonchev–Trinajstić information content (AvgIpc) is 2.48. The first-order valence-electron chi connectivity index (χ1n) is 4.52. The molecule has 0 aliphatic carbocycles. The summed E-state index contributed by atoms with van der Waals surface area (Å²) in [6.45, 7) is 4.17. The van der Waals surface area contributed by atoms with Gasteiger partial charge in [0.15, 0.2) is 0 Å². The number of nitrogens with two attached hydrogens (primary N) is 1. The summed E-state index contributed by atoms with van der Waals surface area (Å²) in [6, 6.07) is 0. The molecule has 0 fully saturated rings. The zero-order valence-electron chi connectivity index (χ0n) is 8.05. The van der Waals surface area contributed by atoms with E-state index in [1.807, 2.05) is 0 Å². The summed E-state index contributed by atoms with van der Waals surface area (Å²) in [7, 11) is 0. The molecule has 0 radical (unpaired) electrons. The number of nitrogens with zero attached hydrogens (tertiary/aromatic N) is 1. The van der Waals surface area contributed by atoms with Gasteiger partial charge in [0.05, 0.1) is 15.6 Å². The van der Waals surface area contributed by atoms with E-state index in [9.17, 15) is 0 Å². The Morgan fingerprint density at radius 1 is 1.54 bits per heavy atom. The molecule has 0 bridgehead atoms. The predicted molar refractivity (Wildman–Crippen MR) is 56.5 cm³/mol. The zero-order chi connectivity index (χ0) is 9.84. The second-order valence-corrected chi connectivity index (χ2v) is 3.98. The highest BCUT2D eigenvalue weighted by atomic mass is 32.1. The molecule has 0 unspecified atom stereocenters. The van der Waals surface area contributed by atoms with Crippen molar-refractivity contribution in [1.82, 2.24) is 4.98 Å². The van der Waals surface area contributed by atoms with Crippen LogP contribution in [0.1, 0.15) is 35.8 Å². The van der Waals surface area contributed by atoms with Crippen molar-refractivity contribution in [3.8, 4) is 0 Å². The van der Waals surface area contributed by atoms with Gasteiger partial charge in [-0.05, 0) is 12.8 Å². The number of nitrogens with one attached hydrogen (secondary N) is 1. The Hall–Kier alpha value is -0.900. The normalized spacial score (nSPS) is 10.3. The minimum Gasteiger partial charge on any atom is -0.383 e. The maximum absolute atomic E-state index is 7.39. The number of amidine groups is 1. The highest BCUT2D eigenvalue weighted by molar-refractivity contribution is 7.13. The van der Waals surface area contributed by atoms with Crippen LogP contribution < -0.4 is 5.73 Å². The number of thiazole rings is 1. The molecule has 3 N–H and O–H groups in total. The van der Waals surface area contributed by atoms with Crippen LogP contribution in [0, 0.1) is 5.41 Å². The van der Waals surface area contributed by atoms with Crippen LogP contribution in [0.4, 0.5) is 0 Å². The van der Waals surface area contributed by atoms with Gasteiger partial charge in [-0.2, -0.15) is 0 Å². The quantitative estimate of drug-likeness (QED) is 0.572. The van der Waals surface area contributed by atoms with Gasteiger partial charge in [-0.1, -0.05) is 20.3 Å². The number of hydrogen-bond acceptors (Lipinski definition) is 3. The summed E-state index contributed by atoms with van der Waals surface area (Å²) in [5.74, 6) is 0.153. The Morgan fingerprint density at radius 3 is 2.69 bits per heavy atom. The smallest absolute Gasteiger partial charge is 0.135 e. The third kappa shape index (κ3) is 2.28. The molecule has 0 atom stereocenters. The maximum Gasteiger partial charge on any atom is 0.135 e. The van der Waals surface area contributed by atoms with Crippen molar-refractivity contribution in [2.24, 2.45) is 5.73 Å². The third-order valence-corrected chi connectivity index (χ3v) is 3.05. The van der Waals surface area contributed by atoms with E-state index in [-0.39, 0.29) is 5.84 Å². The molecule has 4 heteroatoms. The number of aryl methyl sites for hydroxylation is 2. The Kier molecular flexibility index (Phi) is 3.42. The van der Waals surface area contributed by atoms with Crippen LogP contribution in [0.25, 0.3) is 0 Å². The fourth-order valence-corrected chi connectivity index (χ4v) is 2.08. The molecule has 0 aliphatic rings. The van der Waals surface area contributed by atoms with Gasteiger partial charge in [-0.25, -0.2) is 4.98 Å². The van der Waals surface area contributed by atoms with E-state index in [2.05, 4.69) is 18.8 Å². The summed E-state index contributed by atoms with van der Waals surface area (Å²) in [5.41, 5.74) is 6.46. The van der Waals surface area contributed by atoms with Crippen LogP contribution in [0.15, 0.2) is 0 Å². The van der Waals surface area contributed by atoms with Crippen molar-refractivity contribution < 1.29 is 0 Å². The molecular weight excluding hydrogens is 182 g/mol. The summed E-state index contributed by atoms with van der Waals surface area (Å²) in [6.07, 6.45) is 2.90. The Morgan fingerprint density at radius 2 is 2.23 bits per heavy atom. The molecular formula is C9H15N3S. The molecule has 0 spiro atoms. The van der Waals surface area contributed by atoms with Crippen LogP contribution in [0.3, 0.4) is 0 Å². The van der Waals surface area contributed by atoms with Crippen molar-refractivity contribution in [2.45, 2.75) is 33.1 Å². The maximum atomic E-state index is 7.39. The number of hydrogen-bond donors (Lipinski definition) is 2. The summed E-state index contributed by atoms with van der Waals surface area (Å²) in [4.78, 5) is 5.30. The fraction of sp³-hybridized carbons (Fsp3) is 0.556. The minimum atomic E-state index is 0.153. The molecule has 1 rings (SSSR count). The first kappa shape index (κ1) is 10.2. The van der Waals surface area contributed by atoms with Crippen LogP contribution >= 0.6 is 11.3 Å². The lowest BCUT2D eigenvalue weighted by molar-refractivity contribution is 0.878. The molecule has 1 heterocycles. The monoisotopic (exact) mass is 197 g/mol. The van der Waals surface area contributed by atoms with E-state index in [1.54, 1.807) is 11.3 Å². The van der Waals surface area contributed by atoms with Crippen molar-refractivity contribution in [3.63, 3.8) is 0 Å². The molecule has 0 amide bonds. The van der Waals surface area contributed by atoms with E-state index in [0.717, 1.165) is 34.8 Å². The van der Waals surface area contributed by atoms with E-state index in [0.29, 0.717) is 0 Å². The van der Waals surface area contributed by atoms with Crippen molar-refractivity contribution >= 4 is 17.2 Å². The molecule has 13 heavy (non-hydrogen) atoms. The standard InChI is InChI=1S/C9H15N3S/c1-3-5-6-8(9(10)11)13-7(4-2)12-6/h3-5H2,1-2H3,(H3,10,11). The van der Waals surface area contributed by atoms with Gasteiger partial charge >= 0.3 is 0 Å². The van der Waals surface area contributed by atoms with Gasteiger partial charge in [-0.3, -0.25) is 5.41 Å². The molecule has 1 aromatic heterocycles. The van der Waals surface area contributed by atoms with Gasteiger partial charge < -0.3 is 5.73 Å². The van der Waals surface area contributed by atoms with Gasteiger partial charge in [0, 0.05) is 0 Å². The SMILES string of the molecule is CCCc1nc(CC)sc1C(=N)N. The van der Waals surface area contributed by atoms with Crippen LogP contribution in [-0.2, 0) is 12.8 Å². The van der Waals surface area contributed by atoms with E-state index in [1.165, 1.54) is 0 Å². The Balaban J connectivity index is 3.00. The number of aromatic nitrogens is 1. The second kappa shape index (κ2) is 4.37. The van der Waals surface area contributed by atoms with Crippen LogP contribution in [0.2, 0.25) is 0 Å². The lowest BCUT2D eigenvalue weighted by Gasteiger charge is -1.96. The van der Waals surface area contributed by atoms with Gasteiger partial charge in [-0.15, -0.1) is 11.3 Å². The lowest BCUT2D eigenvalue weighted by Crippen LogP contribution is -2.11. The van der Waals surface area contributed by atoms with Gasteiger partial charge in [0.2, 0.25) is 0 Å². The average molecular weight is 197 g/mol. The lowest BCUT2D eigenvalue weighted by atomic mass is 10.2. The summed E-state index contributed by atoms with van der Waals surface area (Å²) < 4.78 is 0. The van der Waals surface area contributed by atoms with Gasteiger partial charge in [0.1, 0.15) is 5.84 Å². The number of rotatable bonds is 4. The first-order chi connectivity index (χ1) is 6.19. The van der Waals surface area contributed by atoms with Gasteiger partial charge in [0.25, 0.3) is 0 Å². The molecule has 0 aromatic carbocycles. The molecule has 0 aliphatic heterocycles. The van der Waals surface area contributed by atoms with Crippen LogP contribution in [-0.4, -0.2) is 10.8 Å². The minimum absolute atomic E-state index is 0.153. The Labute approximate surface area is 82.5 Å². The van der Waals surface area contributed by atoms with Crippen molar-refractivity contribution in [1.29, 1.82) is 5.41 Å². The highest BCUT2D eigenvalue weighted by Crippen LogP contribution is 2.19. The van der Waals surface area contributed by atoms with E-state index in [4.69, 9.17) is 11.1 Å². The van der Waals surface area contributed by atoms with Crippen molar-refractivity contribution in [3.05, 3.63) is 15.6 Å². The predicted octanol–water partition coefficient (Wildman–Crippen LogP) is 1.94. The molecule has 1 aromatic rings. The topological polar surface area (TPSA) is 62.8 Å². The first-order valence-corrected chi connectivity index (χ1v) is 5.33. The third-order valence-electron chi connectivity index (χ3n) is 1.78. The highest BCUT2D eigenvalue weighted by Gasteiger charge is 2.11. The zero-order valence-corrected chi connectivity index (χ0v) is 8.87. The molecule has 3 nitrogen and oxygen atoms in total. The summed E-state index contributed by atoms with van der Waals surface area (Å²) in [5, 5.41) is 8.47.